The molecule has 3 aromatic rings. The van der Waals surface area contributed by atoms with E-state index in [-0.39, 0.29) is 0 Å². The highest BCUT2D eigenvalue weighted by atomic mass is 16.3. The number of hydrogen-bond donors (Lipinski definition) is 2. The molecule has 124 valence electrons. The molecule has 7 heteroatoms. The molecule has 0 radical (unpaired) electrons. The van der Waals surface area contributed by atoms with Crippen LogP contribution in [0.4, 0.5) is 5.82 Å². The van der Waals surface area contributed by atoms with E-state index < -0.39 is 6.10 Å². The minimum absolute atomic E-state index is 0.349. The average molecular weight is 324 g/mol. The number of aryl methyl sites for hydroxylation is 2. The molecule has 2 N–H and O–H groups in total. The van der Waals surface area contributed by atoms with Gasteiger partial charge in [0, 0.05) is 55.1 Å². The van der Waals surface area contributed by atoms with Crippen molar-refractivity contribution in [1.29, 1.82) is 0 Å². The largest absolute Gasteiger partial charge is 0.386 e. The van der Waals surface area contributed by atoms with Gasteiger partial charge in [0.2, 0.25) is 0 Å². The molecule has 0 aliphatic heterocycles. The Balaban J connectivity index is 1.77. The van der Waals surface area contributed by atoms with E-state index in [0.29, 0.717) is 18.2 Å². The Hall–Kier alpha value is -2.80. The van der Waals surface area contributed by atoms with Crippen LogP contribution in [-0.2, 0) is 13.5 Å². The summed E-state index contributed by atoms with van der Waals surface area (Å²) in [5, 5.41) is 17.5. The molecule has 0 fully saturated rings. The van der Waals surface area contributed by atoms with Gasteiger partial charge in [0.05, 0.1) is 12.3 Å². The van der Waals surface area contributed by atoms with Gasteiger partial charge in [-0.1, -0.05) is 6.92 Å². The van der Waals surface area contributed by atoms with Crippen molar-refractivity contribution in [1.82, 2.24) is 24.7 Å². The molecule has 3 rings (SSSR count). The van der Waals surface area contributed by atoms with Gasteiger partial charge in [-0.2, -0.15) is 5.10 Å². The van der Waals surface area contributed by atoms with Gasteiger partial charge in [-0.3, -0.25) is 9.67 Å². The molecule has 0 saturated carbocycles. The number of pyridine rings is 1. The first kappa shape index (κ1) is 16.1. The van der Waals surface area contributed by atoms with Crippen LogP contribution in [-0.4, -0.2) is 36.4 Å². The number of aromatic nitrogens is 5. The maximum absolute atomic E-state index is 10.2. The molecule has 24 heavy (non-hydrogen) atoms. The number of aliphatic hydroxyl groups is 1. The van der Waals surface area contributed by atoms with Gasteiger partial charge in [-0.15, -0.1) is 0 Å². The van der Waals surface area contributed by atoms with Gasteiger partial charge in [0.15, 0.2) is 5.82 Å². The highest BCUT2D eigenvalue weighted by Gasteiger charge is 2.11. The van der Waals surface area contributed by atoms with Crippen LogP contribution in [0.25, 0.3) is 11.4 Å². The van der Waals surface area contributed by atoms with Crippen molar-refractivity contribution in [2.75, 3.05) is 11.9 Å². The Labute approximate surface area is 140 Å². The Morgan fingerprint density at radius 3 is 2.71 bits per heavy atom. The minimum atomic E-state index is -0.650. The van der Waals surface area contributed by atoms with Crippen LogP contribution in [0.3, 0.4) is 0 Å². The molecule has 1 atom stereocenters. The van der Waals surface area contributed by atoms with Gasteiger partial charge in [0.1, 0.15) is 5.82 Å². The molecule has 1 unspecified atom stereocenters. The van der Waals surface area contributed by atoms with Gasteiger partial charge >= 0.3 is 0 Å². The standard InChI is InChI=1S/C17H20N6O/c1-3-14-8-16(19-10-15(24)13-9-20-23(2)11-13)22-17(21-14)12-4-6-18-7-5-12/h4-9,11,15,24H,3,10H2,1-2H3,(H,19,21,22). The smallest absolute Gasteiger partial charge is 0.161 e. The van der Waals surface area contributed by atoms with E-state index in [0.717, 1.165) is 23.2 Å². The zero-order valence-corrected chi connectivity index (χ0v) is 13.7. The number of nitrogens with one attached hydrogen (secondary N) is 1. The SMILES string of the molecule is CCc1cc(NCC(O)c2cnn(C)c2)nc(-c2ccncc2)n1. The molecule has 3 heterocycles. The Morgan fingerprint density at radius 1 is 1.25 bits per heavy atom. The summed E-state index contributed by atoms with van der Waals surface area (Å²) in [4.78, 5) is 13.1. The lowest BCUT2D eigenvalue weighted by atomic mass is 10.2. The monoisotopic (exact) mass is 324 g/mol. The Bertz CT molecular complexity index is 802. The van der Waals surface area contributed by atoms with Crippen molar-refractivity contribution in [3.05, 3.63) is 54.2 Å². The molecule has 0 saturated heterocycles. The predicted octanol–water partition coefficient (Wildman–Crippen LogP) is 1.98. The number of nitrogens with zero attached hydrogens (tertiary/aromatic N) is 5. The molecule has 7 nitrogen and oxygen atoms in total. The van der Waals surface area contributed by atoms with Gasteiger partial charge < -0.3 is 10.4 Å². The second kappa shape index (κ2) is 7.18. The first-order valence-electron chi connectivity index (χ1n) is 7.84. The average Bonchev–Trinajstić information content (AvgIpc) is 3.06. The first-order chi connectivity index (χ1) is 11.7. The zero-order chi connectivity index (χ0) is 16.9. The number of anilines is 1. The molecule has 0 aliphatic carbocycles. The Morgan fingerprint density at radius 2 is 2.04 bits per heavy atom. The summed E-state index contributed by atoms with van der Waals surface area (Å²) >= 11 is 0. The second-order valence-electron chi connectivity index (χ2n) is 5.50. The van der Waals surface area contributed by atoms with Crippen LogP contribution in [0.5, 0.6) is 0 Å². The molecule has 0 amide bonds. The van der Waals surface area contributed by atoms with E-state index >= 15 is 0 Å². The van der Waals surface area contributed by atoms with E-state index in [1.807, 2.05) is 32.2 Å². The zero-order valence-electron chi connectivity index (χ0n) is 13.7. The predicted molar refractivity (Wildman–Crippen MR) is 91.3 cm³/mol. The highest BCUT2D eigenvalue weighted by molar-refractivity contribution is 5.56. The lowest BCUT2D eigenvalue weighted by Gasteiger charge is -2.12. The topological polar surface area (TPSA) is 88.8 Å². The fourth-order valence-corrected chi connectivity index (χ4v) is 2.33. The third kappa shape index (κ3) is 3.75. The van der Waals surface area contributed by atoms with Crippen molar-refractivity contribution in [2.24, 2.45) is 7.05 Å². The van der Waals surface area contributed by atoms with E-state index in [2.05, 4.69) is 25.4 Å². The van der Waals surface area contributed by atoms with E-state index in [1.165, 1.54) is 0 Å². The lowest BCUT2D eigenvalue weighted by molar-refractivity contribution is 0.191. The third-order valence-corrected chi connectivity index (χ3v) is 3.67. The summed E-state index contributed by atoms with van der Waals surface area (Å²) in [6.07, 6.45) is 7.05. The maximum Gasteiger partial charge on any atom is 0.161 e. The summed E-state index contributed by atoms with van der Waals surface area (Å²) in [7, 11) is 1.82. The van der Waals surface area contributed by atoms with E-state index in [9.17, 15) is 5.11 Å². The normalized spacial score (nSPS) is 12.1. The fraction of sp³-hybridized carbons (Fsp3) is 0.294. The van der Waals surface area contributed by atoms with Gasteiger partial charge in [0.25, 0.3) is 0 Å². The summed E-state index contributed by atoms with van der Waals surface area (Å²) < 4.78 is 1.67. The van der Waals surface area contributed by atoms with E-state index in [1.54, 1.807) is 29.5 Å². The van der Waals surface area contributed by atoms with Crippen molar-refractivity contribution < 1.29 is 5.11 Å². The summed E-state index contributed by atoms with van der Waals surface area (Å²) in [5.74, 6) is 1.34. The molecular weight excluding hydrogens is 304 g/mol. The molecule has 0 bridgehead atoms. The molecular formula is C17H20N6O. The van der Waals surface area contributed by atoms with Crippen LogP contribution in [0, 0.1) is 0 Å². The first-order valence-corrected chi connectivity index (χ1v) is 7.84. The fourth-order valence-electron chi connectivity index (χ4n) is 2.33. The quantitative estimate of drug-likeness (QED) is 0.721. The van der Waals surface area contributed by atoms with Crippen LogP contribution >= 0.6 is 0 Å². The Kier molecular flexibility index (Phi) is 4.81. The second-order valence-corrected chi connectivity index (χ2v) is 5.50. The number of rotatable bonds is 6. The van der Waals surface area contributed by atoms with Crippen LogP contribution in [0.2, 0.25) is 0 Å². The number of hydrogen-bond acceptors (Lipinski definition) is 6. The summed E-state index contributed by atoms with van der Waals surface area (Å²) in [5.41, 5.74) is 2.62. The van der Waals surface area contributed by atoms with Crippen LogP contribution in [0.1, 0.15) is 24.3 Å². The molecule has 3 aromatic heterocycles. The van der Waals surface area contributed by atoms with E-state index in [4.69, 9.17) is 0 Å². The van der Waals surface area contributed by atoms with Gasteiger partial charge in [-0.25, -0.2) is 9.97 Å². The van der Waals surface area contributed by atoms with Crippen molar-refractivity contribution in [3.8, 4) is 11.4 Å². The van der Waals surface area contributed by atoms with Gasteiger partial charge in [-0.05, 0) is 18.6 Å². The number of aliphatic hydroxyl groups excluding tert-OH is 1. The van der Waals surface area contributed by atoms with Crippen molar-refractivity contribution in [2.45, 2.75) is 19.4 Å². The highest BCUT2D eigenvalue weighted by Crippen LogP contribution is 2.19. The molecule has 0 aromatic carbocycles. The minimum Gasteiger partial charge on any atom is -0.386 e. The maximum atomic E-state index is 10.2. The van der Waals surface area contributed by atoms with Crippen molar-refractivity contribution in [3.63, 3.8) is 0 Å². The van der Waals surface area contributed by atoms with Crippen molar-refractivity contribution >= 4 is 5.82 Å². The summed E-state index contributed by atoms with van der Waals surface area (Å²) in [6, 6.07) is 5.66. The molecule has 0 aliphatic rings. The van der Waals surface area contributed by atoms with Crippen LogP contribution < -0.4 is 5.32 Å². The summed E-state index contributed by atoms with van der Waals surface area (Å²) in [6.45, 7) is 2.40. The lowest BCUT2D eigenvalue weighted by Crippen LogP contribution is -2.13. The van der Waals surface area contributed by atoms with Crippen LogP contribution in [0.15, 0.2) is 43.0 Å². The third-order valence-electron chi connectivity index (χ3n) is 3.67. The molecule has 0 spiro atoms.